The zero-order chi connectivity index (χ0) is 36.5. The fourth-order valence-corrected chi connectivity index (χ4v) is 4.99. The number of alkyl halides is 3. The second-order valence-electron chi connectivity index (χ2n) is 13.2. The molecule has 0 saturated carbocycles. The highest BCUT2D eigenvalue weighted by Gasteiger charge is 2.48. The van der Waals surface area contributed by atoms with Crippen molar-refractivity contribution in [3.8, 4) is 5.75 Å². The van der Waals surface area contributed by atoms with E-state index in [9.17, 15) is 41.1 Å². The van der Waals surface area contributed by atoms with Gasteiger partial charge in [-0.3, -0.25) is 4.79 Å². The average molecular weight is 704 g/mol. The maximum atomic E-state index is 13.6. The van der Waals surface area contributed by atoms with Crippen molar-refractivity contribution in [1.82, 2.24) is 16.0 Å². The molecular formula is C32H44F3N3O9S. The maximum absolute atomic E-state index is 13.6. The predicted octanol–water partition coefficient (Wildman–Crippen LogP) is 4.60. The summed E-state index contributed by atoms with van der Waals surface area (Å²) < 4.78 is 75.4. The van der Waals surface area contributed by atoms with Crippen molar-refractivity contribution in [2.45, 2.75) is 96.1 Å². The maximum Gasteiger partial charge on any atom is 0.534 e. The van der Waals surface area contributed by atoms with E-state index < -0.39 is 74.7 Å². The number of halogens is 3. The lowest BCUT2D eigenvalue weighted by molar-refractivity contribution is -0.127. The molecule has 0 bridgehead atoms. The topological polar surface area (TPSA) is 169 Å². The summed E-state index contributed by atoms with van der Waals surface area (Å²) in [5.41, 5.74) is -6.03. The van der Waals surface area contributed by atoms with Crippen LogP contribution < -0.4 is 20.1 Å². The third-order valence-electron chi connectivity index (χ3n) is 6.81. The lowest BCUT2D eigenvalue weighted by atomic mass is 9.85. The zero-order valence-corrected chi connectivity index (χ0v) is 28.7. The second kappa shape index (κ2) is 16.4. The molecule has 0 fully saturated rings. The lowest BCUT2D eigenvalue weighted by Gasteiger charge is -2.33. The lowest BCUT2D eigenvalue weighted by Crippen LogP contribution is -2.58. The highest BCUT2D eigenvalue weighted by Crippen LogP contribution is 2.27. The molecule has 0 aromatic heterocycles. The van der Waals surface area contributed by atoms with E-state index in [4.69, 9.17) is 4.74 Å². The molecule has 0 unspecified atom stereocenters. The quantitative estimate of drug-likeness (QED) is 0.172. The Morgan fingerprint density at radius 3 is 1.88 bits per heavy atom. The summed E-state index contributed by atoms with van der Waals surface area (Å²) in [6, 6.07) is 10.8. The van der Waals surface area contributed by atoms with Crippen LogP contribution in [0.2, 0.25) is 0 Å². The number of amides is 3. The molecule has 268 valence electrons. The summed E-state index contributed by atoms with van der Waals surface area (Å²) >= 11 is 0. The Bertz CT molecular complexity index is 1470. The van der Waals surface area contributed by atoms with E-state index in [1.54, 1.807) is 41.5 Å². The summed E-state index contributed by atoms with van der Waals surface area (Å²) in [6.45, 7) is 10.2. The minimum absolute atomic E-state index is 0.0886. The molecule has 2 aromatic rings. The Morgan fingerprint density at radius 1 is 0.812 bits per heavy atom. The molecule has 0 spiro atoms. The Hall–Kier alpha value is -4.05. The van der Waals surface area contributed by atoms with Crippen LogP contribution >= 0.6 is 0 Å². The van der Waals surface area contributed by atoms with Crippen LogP contribution in [0, 0.1) is 5.41 Å². The Morgan fingerprint density at radius 2 is 1.38 bits per heavy atom. The third-order valence-corrected chi connectivity index (χ3v) is 7.79. The van der Waals surface area contributed by atoms with Crippen LogP contribution in [0.25, 0.3) is 0 Å². The van der Waals surface area contributed by atoms with Crippen molar-refractivity contribution in [2.75, 3.05) is 7.11 Å². The molecule has 3 amide bonds. The van der Waals surface area contributed by atoms with Gasteiger partial charge in [-0.25, -0.2) is 9.59 Å². The third kappa shape index (κ3) is 13.2. The van der Waals surface area contributed by atoms with Gasteiger partial charge >= 0.3 is 27.8 Å². The number of carbonyl (C=O) groups excluding carboxylic acids is 3. The number of aliphatic hydroxyl groups is 1. The fraction of sp³-hybridized carbons (Fsp3) is 0.531. The van der Waals surface area contributed by atoms with Crippen LogP contribution in [0.15, 0.2) is 54.6 Å². The summed E-state index contributed by atoms with van der Waals surface area (Å²) in [6.07, 6.45) is -2.83. The molecule has 0 aliphatic carbocycles. The Balaban J connectivity index is 2.42. The second-order valence-corrected chi connectivity index (χ2v) is 14.8. The Kier molecular flexibility index (Phi) is 13.7. The van der Waals surface area contributed by atoms with E-state index in [0.29, 0.717) is 5.56 Å². The van der Waals surface area contributed by atoms with Gasteiger partial charge < -0.3 is 34.7 Å². The SMILES string of the molecule is COC(=O)N[C@H](C(=O)N[C@@H](Cc1ccc(OS(=O)(=O)C(F)(F)F)cc1)[C@@H](O)C[C@H](Cc1ccccc1)NC(=O)OC(C)(C)C)C(C)(C)C. The van der Waals surface area contributed by atoms with Crippen LogP contribution in [0.4, 0.5) is 22.8 Å². The first-order valence-electron chi connectivity index (χ1n) is 15.0. The van der Waals surface area contributed by atoms with E-state index in [0.717, 1.165) is 24.8 Å². The van der Waals surface area contributed by atoms with Crippen molar-refractivity contribution < 1.29 is 54.7 Å². The van der Waals surface area contributed by atoms with Gasteiger partial charge in [-0.15, -0.1) is 0 Å². The molecule has 0 heterocycles. The van der Waals surface area contributed by atoms with E-state index in [-0.39, 0.29) is 19.3 Å². The highest BCUT2D eigenvalue weighted by molar-refractivity contribution is 7.88. The minimum Gasteiger partial charge on any atom is -0.453 e. The Labute approximate surface area is 278 Å². The van der Waals surface area contributed by atoms with Crippen molar-refractivity contribution in [1.29, 1.82) is 0 Å². The van der Waals surface area contributed by atoms with E-state index >= 15 is 0 Å². The van der Waals surface area contributed by atoms with Gasteiger partial charge in [-0.1, -0.05) is 63.2 Å². The first-order valence-corrected chi connectivity index (χ1v) is 16.4. The van der Waals surface area contributed by atoms with Crippen molar-refractivity contribution in [2.24, 2.45) is 5.41 Å². The van der Waals surface area contributed by atoms with Crippen molar-refractivity contribution in [3.05, 3.63) is 65.7 Å². The molecule has 48 heavy (non-hydrogen) atoms. The number of benzene rings is 2. The van der Waals surface area contributed by atoms with Gasteiger partial charge in [0.2, 0.25) is 5.91 Å². The summed E-state index contributed by atoms with van der Waals surface area (Å²) in [7, 11) is -4.76. The predicted molar refractivity (Wildman–Crippen MR) is 170 cm³/mol. The van der Waals surface area contributed by atoms with Crippen LogP contribution in [0.1, 0.15) is 59.1 Å². The first-order chi connectivity index (χ1) is 22.0. The van der Waals surface area contributed by atoms with E-state index in [2.05, 4.69) is 24.9 Å². The molecule has 4 N–H and O–H groups in total. The first kappa shape index (κ1) is 40.1. The normalized spacial score (nSPS) is 14.9. The van der Waals surface area contributed by atoms with Crippen molar-refractivity contribution in [3.63, 3.8) is 0 Å². The molecule has 4 atom stereocenters. The molecule has 0 radical (unpaired) electrons. The van der Waals surface area contributed by atoms with Crippen LogP contribution in [0.3, 0.4) is 0 Å². The number of carbonyl (C=O) groups is 3. The number of alkyl carbamates (subject to hydrolysis) is 2. The fourth-order valence-electron chi connectivity index (χ4n) is 4.53. The van der Waals surface area contributed by atoms with Gasteiger partial charge in [0.1, 0.15) is 17.4 Å². The summed E-state index contributed by atoms with van der Waals surface area (Å²) in [4.78, 5) is 38.4. The smallest absolute Gasteiger partial charge is 0.453 e. The van der Waals surface area contributed by atoms with Gasteiger partial charge in [0.05, 0.1) is 19.3 Å². The standard InChI is InChI=1S/C32H44F3N3O9S/c1-30(2,3)26(38-28(41)45-7)27(40)37-24(18-21-13-15-23(16-14-21)47-48(43,44)32(33,34)35)25(39)19-22(17-20-11-9-8-10-12-20)36-29(42)46-31(4,5)6/h8-16,22,24-26,39H,17-19H2,1-7H3,(H,36,42)(H,37,40)(H,38,41)/t22-,24-,25-,26+/m0/s1. The minimum atomic E-state index is -5.90. The number of nitrogens with one attached hydrogen (secondary N) is 3. The molecule has 2 aromatic carbocycles. The number of ether oxygens (including phenoxy) is 2. The molecule has 0 aliphatic heterocycles. The number of rotatable bonds is 13. The molecule has 2 rings (SSSR count). The van der Waals surface area contributed by atoms with Crippen molar-refractivity contribution >= 4 is 28.2 Å². The van der Waals surface area contributed by atoms with Crippen LogP contribution in [-0.2, 0) is 37.2 Å². The monoisotopic (exact) mass is 703 g/mol. The highest BCUT2D eigenvalue weighted by atomic mass is 32.2. The molecule has 0 saturated heterocycles. The molecule has 0 aliphatic rings. The van der Waals surface area contributed by atoms with Gasteiger partial charge in [0.25, 0.3) is 0 Å². The molecular weight excluding hydrogens is 659 g/mol. The van der Waals surface area contributed by atoms with Gasteiger partial charge in [0.15, 0.2) is 0 Å². The summed E-state index contributed by atoms with van der Waals surface area (Å²) in [5.74, 6) is -1.27. The van der Waals surface area contributed by atoms with Gasteiger partial charge in [-0.05, 0) is 68.7 Å². The average Bonchev–Trinajstić information content (AvgIpc) is 2.94. The number of hydrogen-bond donors (Lipinski definition) is 4. The van der Waals surface area contributed by atoms with Crippen LogP contribution in [0.5, 0.6) is 5.75 Å². The van der Waals surface area contributed by atoms with E-state index in [1.165, 1.54) is 12.1 Å². The number of aliphatic hydroxyl groups excluding tert-OH is 1. The molecule has 16 heteroatoms. The largest absolute Gasteiger partial charge is 0.534 e. The van der Waals surface area contributed by atoms with Gasteiger partial charge in [0, 0.05) is 6.04 Å². The van der Waals surface area contributed by atoms with Gasteiger partial charge in [-0.2, -0.15) is 21.6 Å². The van der Waals surface area contributed by atoms with E-state index in [1.807, 2.05) is 30.3 Å². The number of hydrogen-bond acceptors (Lipinski definition) is 9. The number of methoxy groups -OCH3 is 1. The zero-order valence-electron chi connectivity index (χ0n) is 27.9. The molecule has 12 nitrogen and oxygen atoms in total. The summed E-state index contributed by atoms with van der Waals surface area (Å²) in [5, 5.41) is 19.6. The van der Waals surface area contributed by atoms with Crippen LogP contribution in [-0.4, -0.2) is 74.1 Å².